The van der Waals surface area contributed by atoms with Crippen LogP contribution in [0.4, 0.5) is 0 Å². The average molecular weight is 359 g/mol. The Hall–Kier alpha value is -2.54. The number of fused-ring (bicyclic) bond motifs is 1. The first-order valence-electron chi connectivity index (χ1n) is 8.80. The van der Waals surface area contributed by atoms with Crippen LogP contribution in [-0.4, -0.2) is 47.1 Å². The maximum atomic E-state index is 12.2. The summed E-state index contributed by atoms with van der Waals surface area (Å²) in [6.45, 7) is 8.30. The number of carbonyl (C=O) groups excluding carboxylic acids is 1. The number of benzene rings is 1. The van der Waals surface area contributed by atoms with Crippen molar-refractivity contribution < 1.29 is 18.7 Å². The van der Waals surface area contributed by atoms with Gasteiger partial charge in [-0.3, -0.25) is 9.69 Å². The molecule has 0 spiro atoms. The van der Waals surface area contributed by atoms with Crippen LogP contribution in [0.5, 0.6) is 11.5 Å². The molecule has 2 heterocycles. The predicted molar refractivity (Wildman–Crippen MR) is 96.1 cm³/mol. The number of hydrogen-bond donors (Lipinski definition) is 0. The van der Waals surface area contributed by atoms with Crippen molar-refractivity contribution in [3.8, 4) is 11.5 Å². The van der Waals surface area contributed by atoms with E-state index in [0.717, 1.165) is 23.6 Å². The minimum Gasteiger partial charge on any atom is -0.454 e. The molecule has 1 aliphatic heterocycles. The number of carbonyl (C=O) groups is 1. The van der Waals surface area contributed by atoms with Gasteiger partial charge in [0, 0.05) is 26.2 Å². The Morgan fingerprint density at radius 2 is 2.00 bits per heavy atom. The number of nitrogens with zero attached hydrogens (tertiary/aromatic N) is 3. The summed E-state index contributed by atoms with van der Waals surface area (Å²) in [4.78, 5) is 20.4. The van der Waals surface area contributed by atoms with Crippen molar-refractivity contribution in [2.24, 2.45) is 0 Å². The van der Waals surface area contributed by atoms with Gasteiger partial charge in [-0.1, -0.05) is 6.07 Å². The van der Waals surface area contributed by atoms with Gasteiger partial charge >= 0.3 is 0 Å². The molecule has 1 aromatic carbocycles. The van der Waals surface area contributed by atoms with Gasteiger partial charge in [0.1, 0.15) is 6.26 Å². The summed E-state index contributed by atoms with van der Waals surface area (Å²) in [6, 6.07) is 6.24. The van der Waals surface area contributed by atoms with Crippen molar-refractivity contribution in [2.75, 3.05) is 20.4 Å². The summed E-state index contributed by atoms with van der Waals surface area (Å²) in [5.41, 5.74) is 1.47. The molecule has 0 N–H and O–H groups in total. The maximum absolute atomic E-state index is 12.2. The van der Waals surface area contributed by atoms with Crippen LogP contribution in [0.25, 0.3) is 0 Å². The van der Waals surface area contributed by atoms with Gasteiger partial charge in [-0.05, 0) is 38.5 Å². The third-order valence-corrected chi connectivity index (χ3v) is 4.48. The molecular formula is C19H25N3O4. The molecule has 0 atom stereocenters. The average Bonchev–Trinajstić information content (AvgIpc) is 3.28. The molecule has 7 nitrogen and oxygen atoms in total. The molecular weight excluding hydrogens is 334 g/mol. The van der Waals surface area contributed by atoms with Crippen LogP contribution in [0.2, 0.25) is 0 Å². The van der Waals surface area contributed by atoms with Gasteiger partial charge in [0.05, 0.1) is 6.54 Å². The van der Waals surface area contributed by atoms with Crippen molar-refractivity contribution in [1.29, 1.82) is 0 Å². The molecule has 3 rings (SSSR count). The van der Waals surface area contributed by atoms with Gasteiger partial charge < -0.3 is 18.8 Å². The highest BCUT2D eigenvalue weighted by Gasteiger charge is 2.20. The Kier molecular flexibility index (Phi) is 5.46. The second kappa shape index (κ2) is 7.78. The van der Waals surface area contributed by atoms with Crippen molar-refractivity contribution >= 4 is 5.91 Å². The standard InChI is InChI=1S/C19H25N3O4/c1-5-21(4)19(23)15-11-24-18(20-15)10-22(13(2)3)9-14-6-7-16-17(8-14)26-12-25-16/h6-8,11,13H,5,9-10,12H2,1-4H3. The van der Waals surface area contributed by atoms with Gasteiger partial charge in [-0.25, -0.2) is 4.98 Å². The molecule has 140 valence electrons. The van der Waals surface area contributed by atoms with Crippen LogP contribution < -0.4 is 9.47 Å². The molecule has 1 aliphatic rings. The zero-order chi connectivity index (χ0) is 18.7. The minimum atomic E-state index is -0.130. The van der Waals surface area contributed by atoms with E-state index in [-0.39, 0.29) is 18.7 Å². The minimum absolute atomic E-state index is 0.130. The lowest BCUT2D eigenvalue weighted by atomic mass is 10.1. The topological polar surface area (TPSA) is 68.0 Å². The fourth-order valence-electron chi connectivity index (χ4n) is 2.69. The largest absolute Gasteiger partial charge is 0.454 e. The van der Waals surface area contributed by atoms with Gasteiger partial charge in [-0.2, -0.15) is 0 Å². The van der Waals surface area contributed by atoms with Crippen molar-refractivity contribution in [2.45, 2.75) is 39.9 Å². The highest BCUT2D eigenvalue weighted by atomic mass is 16.7. The Labute approximate surface area is 153 Å². The first-order chi connectivity index (χ1) is 12.5. The van der Waals surface area contributed by atoms with Crippen molar-refractivity contribution in [1.82, 2.24) is 14.8 Å². The second-order valence-electron chi connectivity index (χ2n) is 6.63. The first-order valence-corrected chi connectivity index (χ1v) is 8.80. The molecule has 7 heteroatoms. The van der Waals surface area contributed by atoms with Gasteiger partial charge in [-0.15, -0.1) is 0 Å². The Morgan fingerprint density at radius 3 is 2.73 bits per heavy atom. The smallest absolute Gasteiger partial charge is 0.275 e. The van der Waals surface area contributed by atoms with Crippen LogP contribution in [0.3, 0.4) is 0 Å². The number of rotatable bonds is 7. The number of oxazole rings is 1. The van der Waals surface area contributed by atoms with Crippen LogP contribution in [0.1, 0.15) is 42.7 Å². The van der Waals surface area contributed by atoms with Crippen LogP contribution in [0, 0.1) is 0 Å². The lowest BCUT2D eigenvalue weighted by molar-refractivity contribution is 0.0796. The zero-order valence-electron chi connectivity index (χ0n) is 15.7. The summed E-state index contributed by atoms with van der Waals surface area (Å²) in [7, 11) is 1.75. The molecule has 0 saturated heterocycles. The molecule has 26 heavy (non-hydrogen) atoms. The van der Waals surface area contributed by atoms with E-state index in [4.69, 9.17) is 13.9 Å². The highest BCUT2D eigenvalue weighted by Crippen LogP contribution is 2.33. The van der Waals surface area contributed by atoms with Crippen molar-refractivity contribution in [3.05, 3.63) is 41.6 Å². The SMILES string of the molecule is CCN(C)C(=O)c1coc(CN(Cc2ccc3c(c2)OCO3)C(C)C)n1. The van der Waals surface area contributed by atoms with E-state index in [1.807, 2.05) is 25.1 Å². The number of amides is 1. The fraction of sp³-hybridized carbons (Fsp3) is 0.474. The fourth-order valence-corrected chi connectivity index (χ4v) is 2.69. The second-order valence-corrected chi connectivity index (χ2v) is 6.63. The molecule has 2 aromatic rings. The quantitative estimate of drug-likeness (QED) is 0.757. The predicted octanol–water partition coefficient (Wildman–Crippen LogP) is 2.91. The number of aromatic nitrogens is 1. The summed E-state index contributed by atoms with van der Waals surface area (Å²) in [5, 5.41) is 0. The van der Waals surface area contributed by atoms with Gasteiger partial charge in [0.15, 0.2) is 17.2 Å². The van der Waals surface area contributed by atoms with E-state index in [1.165, 1.54) is 6.26 Å². The summed E-state index contributed by atoms with van der Waals surface area (Å²) < 4.78 is 16.3. The lowest BCUT2D eigenvalue weighted by Crippen LogP contribution is -2.30. The summed E-state index contributed by atoms with van der Waals surface area (Å²) in [6.07, 6.45) is 1.43. The molecule has 0 bridgehead atoms. The van der Waals surface area contributed by atoms with Crippen LogP contribution in [-0.2, 0) is 13.1 Å². The van der Waals surface area contributed by atoms with E-state index in [2.05, 4.69) is 23.7 Å². The molecule has 0 radical (unpaired) electrons. The number of ether oxygens (including phenoxy) is 2. The molecule has 0 saturated carbocycles. The molecule has 1 aromatic heterocycles. The Morgan fingerprint density at radius 1 is 1.23 bits per heavy atom. The highest BCUT2D eigenvalue weighted by molar-refractivity contribution is 5.91. The van der Waals surface area contributed by atoms with E-state index in [0.29, 0.717) is 24.7 Å². The first kappa shape index (κ1) is 18.3. The molecule has 0 aliphatic carbocycles. The maximum Gasteiger partial charge on any atom is 0.275 e. The Balaban J connectivity index is 1.69. The molecule has 1 amide bonds. The van der Waals surface area contributed by atoms with E-state index in [1.54, 1.807) is 11.9 Å². The third-order valence-electron chi connectivity index (χ3n) is 4.48. The third kappa shape index (κ3) is 3.99. The van der Waals surface area contributed by atoms with Crippen molar-refractivity contribution in [3.63, 3.8) is 0 Å². The Bertz CT molecular complexity index is 772. The van der Waals surface area contributed by atoms with Crippen LogP contribution in [0.15, 0.2) is 28.9 Å². The van der Waals surface area contributed by atoms with E-state index in [9.17, 15) is 4.79 Å². The lowest BCUT2D eigenvalue weighted by Gasteiger charge is -2.25. The van der Waals surface area contributed by atoms with Crippen LogP contribution >= 0.6 is 0 Å². The van der Waals surface area contributed by atoms with E-state index >= 15 is 0 Å². The van der Waals surface area contributed by atoms with Gasteiger partial charge in [0.25, 0.3) is 5.91 Å². The normalized spacial score (nSPS) is 12.8. The molecule has 0 fully saturated rings. The summed E-state index contributed by atoms with van der Waals surface area (Å²) in [5.74, 6) is 1.96. The zero-order valence-corrected chi connectivity index (χ0v) is 15.7. The van der Waals surface area contributed by atoms with Gasteiger partial charge in [0.2, 0.25) is 12.7 Å². The number of hydrogen-bond acceptors (Lipinski definition) is 6. The van der Waals surface area contributed by atoms with E-state index < -0.39 is 0 Å². The summed E-state index contributed by atoms with van der Waals surface area (Å²) >= 11 is 0. The monoisotopic (exact) mass is 359 g/mol. The molecule has 0 unspecified atom stereocenters.